The van der Waals surface area contributed by atoms with E-state index in [0.717, 1.165) is 42.8 Å². The Bertz CT molecular complexity index is 995. The first-order valence-electron chi connectivity index (χ1n) is 9.82. The molecule has 29 heavy (non-hydrogen) atoms. The molecule has 3 nitrogen and oxygen atoms in total. The zero-order chi connectivity index (χ0) is 20.4. The van der Waals surface area contributed by atoms with Crippen LogP contribution in [0.5, 0.6) is 0 Å². The second kappa shape index (κ2) is 9.33. The number of benzene rings is 1. The fraction of sp³-hybridized carbons (Fsp3) is 0.435. The summed E-state index contributed by atoms with van der Waals surface area (Å²) in [7, 11) is 1.99. The summed E-state index contributed by atoms with van der Waals surface area (Å²) in [4.78, 5) is 4.59. The standard InChI is InChI=1S/C20H20F3N3.C2H6.CH4/c1-11-3-5-12-13-6-8-19(25-20(13)26(2)18(12)7-4-11)24-17-10-15(22)14(21)9-16(17)23;1-2;/h6,8-11H,3-5,7H2,1-2H3,(H,24,25);1-2H3;1H4. The first-order chi connectivity index (χ1) is 13.4. The molecule has 0 saturated carbocycles. The van der Waals surface area contributed by atoms with E-state index in [1.54, 1.807) is 6.07 Å². The van der Waals surface area contributed by atoms with Crippen molar-refractivity contribution in [2.45, 2.75) is 53.9 Å². The van der Waals surface area contributed by atoms with E-state index < -0.39 is 17.5 Å². The van der Waals surface area contributed by atoms with Crippen LogP contribution in [0.4, 0.5) is 24.7 Å². The first-order valence-corrected chi connectivity index (χ1v) is 9.82. The van der Waals surface area contributed by atoms with Gasteiger partial charge in [-0.1, -0.05) is 28.2 Å². The molecule has 0 aliphatic heterocycles. The number of aryl methyl sites for hydroxylation is 2. The number of fused-ring (bicyclic) bond motifs is 3. The van der Waals surface area contributed by atoms with Gasteiger partial charge in [-0.3, -0.25) is 0 Å². The van der Waals surface area contributed by atoms with E-state index in [9.17, 15) is 13.2 Å². The topological polar surface area (TPSA) is 29.9 Å². The molecule has 1 unspecified atom stereocenters. The van der Waals surface area contributed by atoms with Crippen LogP contribution in [0.1, 0.15) is 52.3 Å². The molecule has 2 aromatic heterocycles. The summed E-state index contributed by atoms with van der Waals surface area (Å²) >= 11 is 0. The Labute approximate surface area is 171 Å². The first kappa shape index (κ1) is 22.8. The molecule has 1 aromatic carbocycles. The van der Waals surface area contributed by atoms with Crippen LogP contribution >= 0.6 is 0 Å². The van der Waals surface area contributed by atoms with Crippen molar-refractivity contribution in [3.8, 4) is 0 Å². The third-order valence-corrected chi connectivity index (χ3v) is 5.30. The second-order valence-electron chi connectivity index (χ2n) is 7.11. The minimum absolute atomic E-state index is 0. The molecule has 1 aliphatic carbocycles. The lowest BCUT2D eigenvalue weighted by Crippen LogP contribution is -2.02. The Morgan fingerprint density at radius 2 is 1.66 bits per heavy atom. The zero-order valence-electron chi connectivity index (χ0n) is 16.7. The molecule has 1 N–H and O–H groups in total. The highest BCUT2D eigenvalue weighted by molar-refractivity contribution is 5.84. The van der Waals surface area contributed by atoms with Crippen molar-refractivity contribution in [3.63, 3.8) is 0 Å². The normalized spacial score (nSPS) is 15.6. The molecule has 4 rings (SSSR count). The summed E-state index contributed by atoms with van der Waals surface area (Å²) in [6.07, 6.45) is 4.36. The van der Waals surface area contributed by atoms with E-state index in [1.807, 2.05) is 27.0 Å². The Balaban J connectivity index is 0.000000970. The average Bonchev–Trinajstić information content (AvgIpc) is 2.81. The predicted molar refractivity (Wildman–Crippen MR) is 114 cm³/mol. The molecule has 0 amide bonds. The monoisotopic (exact) mass is 405 g/mol. The van der Waals surface area contributed by atoms with Crippen molar-refractivity contribution >= 4 is 22.5 Å². The summed E-state index contributed by atoms with van der Waals surface area (Å²) in [5, 5.41) is 3.86. The quantitative estimate of drug-likeness (QED) is 0.371. The van der Waals surface area contributed by atoms with Gasteiger partial charge in [0, 0.05) is 30.3 Å². The molecular formula is C23H30F3N3. The predicted octanol–water partition coefficient (Wildman–Crippen LogP) is 6.91. The smallest absolute Gasteiger partial charge is 0.161 e. The fourth-order valence-electron chi connectivity index (χ4n) is 3.77. The van der Waals surface area contributed by atoms with Crippen molar-refractivity contribution in [1.29, 1.82) is 0 Å². The molecule has 0 bridgehead atoms. The molecule has 0 radical (unpaired) electrons. The van der Waals surface area contributed by atoms with E-state index in [1.165, 1.54) is 11.3 Å². The lowest BCUT2D eigenvalue weighted by Gasteiger charge is -2.09. The van der Waals surface area contributed by atoms with Gasteiger partial charge in [0.05, 0.1) is 5.69 Å². The molecule has 3 aromatic rings. The Morgan fingerprint density at radius 3 is 2.38 bits per heavy atom. The maximum atomic E-state index is 13.9. The minimum atomic E-state index is -1.21. The van der Waals surface area contributed by atoms with Crippen LogP contribution in [0.2, 0.25) is 0 Å². The summed E-state index contributed by atoms with van der Waals surface area (Å²) in [6.45, 7) is 6.28. The number of hydrogen-bond acceptors (Lipinski definition) is 2. The molecule has 0 spiro atoms. The molecule has 2 heterocycles. The van der Waals surface area contributed by atoms with Crippen LogP contribution < -0.4 is 5.32 Å². The highest BCUT2D eigenvalue weighted by Gasteiger charge is 2.21. The summed E-state index contributed by atoms with van der Waals surface area (Å²) < 4.78 is 42.5. The number of anilines is 2. The molecule has 6 heteroatoms. The van der Waals surface area contributed by atoms with Crippen molar-refractivity contribution in [1.82, 2.24) is 9.55 Å². The maximum absolute atomic E-state index is 13.9. The van der Waals surface area contributed by atoms with Crippen molar-refractivity contribution in [2.75, 3.05) is 5.32 Å². The van der Waals surface area contributed by atoms with Gasteiger partial charge in [0.25, 0.3) is 0 Å². The highest BCUT2D eigenvalue weighted by Crippen LogP contribution is 2.33. The molecular weight excluding hydrogens is 375 g/mol. The molecule has 0 saturated heterocycles. The van der Waals surface area contributed by atoms with Crippen molar-refractivity contribution in [2.24, 2.45) is 13.0 Å². The number of hydrogen-bond donors (Lipinski definition) is 1. The van der Waals surface area contributed by atoms with E-state index >= 15 is 0 Å². The van der Waals surface area contributed by atoms with E-state index in [4.69, 9.17) is 0 Å². The van der Waals surface area contributed by atoms with Crippen LogP contribution in [-0.4, -0.2) is 9.55 Å². The van der Waals surface area contributed by atoms with Crippen LogP contribution in [0.15, 0.2) is 24.3 Å². The second-order valence-corrected chi connectivity index (χ2v) is 7.11. The number of nitrogens with one attached hydrogen (secondary N) is 1. The summed E-state index contributed by atoms with van der Waals surface area (Å²) in [6, 6.07) is 5.05. The van der Waals surface area contributed by atoms with E-state index in [0.29, 0.717) is 17.8 Å². The number of pyridine rings is 1. The number of aromatic nitrogens is 2. The van der Waals surface area contributed by atoms with Crippen LogP contribution in [-0.2, 0) is 19.9 Å². The Kier molecular flexibility index (Phi) is 7.33. The third-order valence-electron chi connectivity index (χ3n) is 5.30. The lowest BCUT2D eigenvalue weighted by molar-refractivity contribution is 0.496. The van der Waals surface area contributed by atoms with Gasteiger partial charge in [-0.05, 0) is 49.3 Å². The Hall–Kier alpha value is -2.50. The average molecular weight is 406 g/mol. The van der Waals surface area contributed by atoms with Gasteiger partial charge >= 0.3 is 0 Å². The molecule has 1 atom stereocenters. The Morgan fingerprint density at radius 1 is 1.00 bits per heavy atom. The van der Waals surface area contributed by atoms with Crippen molar-refractivity contribution in [3.05, 3.63) is 53.0 Å². The van der Waals surface area contributed by atoms with Gasteiger partial charge in [0.2, 0.25) is 0 Å². The van der Waals surface area contributed by atoms with Gasteiger partial charge in [0.1, 0.15) is 17.3 Å². The lowest BCUT2D eigenvalue weighted by atomic mass is 10.0. The van der Waals surface area contributed by atoms with Gasteiger partial charge < -0.3 is 9.88 Å². The minimum Gasteiger partial charge on any atom is -0.338 e. The number of halogens is 3. The van der Waals surface area contributed by atoms with Gasteiger partial charge in [-0.15, -0.1) is 0 Å². The van der Waals surface area contributed by atoms with Gasteiger partial charge in [0.15, 0.2) is 11.6 Å². The van der Waals surface area contributed by atoms with Gasteiger partial charge in [-0.2, -0.15) is 0 Å². The molecule has 0 fully saturated rings. The fourth-order valence-corrected chi connectivity index (χ4v) is 3.77. The summed E-state index contributed by atoms with van der Waals surface area (Å²) in [5.74, 6) is -2.07. The van der Waals surface area contributed by atoms with Crippen LogP contribution in [0.3, 0.4) is 0 Å². The molecule has 1 aliphatic rings. The van der Waals surface area contributed by atoms with Crippen LogP contribution in [0.25, 0.3) is 11.0 Å². The largest absolute Gasteiger partial charge is 0.338 e. The van der Waals surface area contributed by atoms with E-state index in [-0.39, 0.29) is 13.1 Å². The highest BCUT2D eigenvalue weighted by atomic mass is 19.2. The number of rotatable bonds is 2. The summed E-state index contributed by atoms with van der Waals surface area (Å²) in [5.41, 5.74) is 3.32. The number of nitrogens with zero attached hydrogens (tertiary/aromatic N) is 2. The maximum Gasteiger partial charge on any atom is 0.161 e. The SMILES string of the molecule is C.CC.CC1CCc2c(n(C)c3nc(Nc4cc(F)c(F)cc4F)ccc23)CC1. The van der Waals surface area contributed by atoms with E-state index in [2.05, 4.69) is 21.8 Å². The van der Waals surface area contributed by atoms with Gasteiger partial charge in [-0.25, -0.2) is 18.2 Å². The van der Waals surface area contributed by atoms with Crippen molar-refractivity contribution < 1.29 is 13.2 Å². The zero-order valence-corrected chi connectivity index (χ0v) is 16.7. The molecule has 158 valence electrons. The third kappa shape index (κ3) is 4.41. The van der Waals surface area contributed by atoms with Crippen LogP contribution in [0, 0.1) is 23.4 Å².